The van der Waals surface area contributed by atoms with Gasteiger partial charge in [-0.3, -0.25) is 5.10 Å². The summed E-state index contributed by atoms with van der Waals surface area (Å²) in [5, 5.41) is 11.5. The first-order valence-corrected chi connectivity index (χ1v) is 6.13. The van der Waals surface area contributed by atoms with Gasteiger partial charge in [0.05, 0.1) is 17.1 Å². The molecule has 0 radical (unpaired) electrons. The molecule has 0 amide bonds. The van der Waals surface area contributed by atoms with Gasteiger partial charge in [0, 0.05) is 11.3 Å². The summed E-state index contributed by atoms with van der Waals surface area (Å²) in [6.07, 6.45) is 1.26. The van der Waals surface area contributed by atoms with Crippen molar-refractivity contribution in [3.8, 4) is 0 Å². The highest BCUT2D eigenvalue weighted by molar-refractivity contribution is 8.00. The number of hydrogen-bond donors (Lipinski definition) is 2. The molecule has 0 bridgehead atoms. The van der Waals surface area contributed by atoms with Crippen LogP contribution in [-0.4, -0.2) is 27.2 Å². The van der Waals surface area contributed by atoms with Crippen LogP contribution < -0.4 is 5.32 Å². The molecule has 1 aromatic heterocycles. The Labute approximate surface area is 89.1 Å². The first-order chi connectivity index (χ1) is 6.68. The van der Waals surface area contributed by atoms with Crippen LogP contribution in [0.15, 0.2) is 0 Å². The van der Waals surface area contributed by atoms with E-state index >= 15 is 0 Å². The zero-order valence-electron chi connectivity index (χ0n) is 8.92. The fourth-order valence-electron chi connectivity index (χ4n) is 1.87. The fourth-order valence-corrected chi connectivity index (χ4v) is 3.07. The molecule has 1 saturated heterocycles. The number of aromatic nitrogens is 2. The highest BCUT2D eigenvalue weighted by Gasteiger charge is 2.24. The fraction of sp³-hybridized carbons (Fsp3) is 0.700. The predicted molar refractivity (Wildman–Crippen MR) is 62.0 cm³/mol. The molecule has 1 fully saturated rings. The maximum absolute atomic E-state index is 4.19. The summed E-state index contributed by atoms with van der Waals surface area (Å²) in [7, 11) is 0. The van der Waals surface area contributed by atoms with Crippen LogP contribution in [0.3, 0.4) is 0 Å². The SMILES string of the molecule is Cc1n[nH]c(C)c1NC1CCSC1C. The number of anilines is 1. The Balaban J connectivity index is 2.10. The number of thioether (sulfide) groups is 1. The van der Waals surface area contributed by atoms with Crippen molar-refractivity contribution in [1.82, 2.24) is 10.2 Å². The molecular weight excluding hydrogens is 194 g/mol. The number of aromatic amines is 1. The molecule has 78 valence electrons. The lowest BCUT2D eigenvalue weighted by atomic mass is 10.1. The van der Waals surface area contributed by atoms with Gasteiger partial charge in [-0.25, -0.2) is 0 Å². The lowest BCUT2D eigenvalue weighted by Gasteiger charge is -2.17. The molecule has 0 spiro atoms. The minimum Gasteiger partial charge on any atom is -0.378 e. The lowest BCUT2D eigenvalue weighted by Crippen LogP contribution is -2.25. The van der Waals surface area contributed by atoms with Gasteiger partial charge in [0.15, 0.2) is 0 Å². The van der Waals surface area contributed by atoms with Gasteiger partial charge in [-0.05, 0) is 26.0 Å². The molecule has 2 atom stereocenters. The van der Waals surface area contributed by atoms with E-state index in [4.69, 9.17) is 0 Å². The molecule has 0 aliphatic carbocycles. The molecule has 1 aromatic rings. The van der Waals surface area contributed by atoms with Gasteiger partial charge in [0.25, 0.3) is 0 Å². The summed E-state index contributed by atoms with van der Waals surface area (Å²) in [4.78, 5) is 0. The Morgan fingerprint density at radius 2 is 2.29 bits per heavy atom. The van der Waals surface area contributed by atoms with Gasteiger partial charge in [0.1, 0.15) is 0 Å². The molecule has 2 rings (SSSR count). The molecular formula is C10H17N3S. The molecule has 2 N–H and O–H groups in total. The second-order valence-electron chi connectivity index (χ2n) is 3.92. The van der Waals surface area contributed by atoms with Crippen LogP contribution in [0.25, 0.3) is 0 Å². The Bertz CT molecular complexity index is 302. The molecule has 0 saturated carbocycles. The highest BCUT2D eigenvalue weighted by Crippen LogP contribution is 2.30. The smallest absolute Gasteiger partial charge is 0.0825 e. The number of hydrogen-bond acceptors (Lipinski definition) is 3. The van der Waals surface area contributed by atoms with Gasteiger partial charge in [-0.15, -0.1) is 0 Å². The van der Waals surface area contributed by atoms with Gasteiger partial charge in [0.2, 0.25) is 0 Å². The van der Waals surface area contributed by atoms with Gasteiger partial charge in [-0.2, -0.15) is 16.9 Å². The van der Waals surface area contributed by atoms with Crippen molar-refractivity contribution in [2.75, 3.05) is 11.1 Å². The van der Waals surface area contributed by atoms with Crippen LogP contribution in [0.1, 0.15) is 24.7 Å². The molecule has 0 aromatic carbocycles. The first-order valence-electron chi connectivity index (χ1n) is 5.08. The standard InChI is InChI=1S/C10H17N3S/c1-6-10(7(2)13-12-6)11-9-4-5-14-8(9)3/h8-9,11H,4-5H2,1-3H3,(H,12,13). The normalized spacial score (nSPS) is 26.8. The number of aryl methyl sites for hydroxylation is 2. The Kier molecular flexibility index (Phi) is 2.72. The predicted octanol–water partition coefficient (Wildman–Crippen LogP) is 2.33. The quantitative estimate of drug-likeness (QED) is 0.789. The summed E-state index contributed by atoms with van der Waals surface area (Å²) in [5.41, 5.74) is 3.42. The Hall–Kier alpha value is -0.640. The average molecular weight is 211 g/mol. The second kappa shape index (κ2) is 3.85. The number of nitrogens with zero attached hydrogens (tertiary/aromatic N) is 1. The first kappa shape index (κ1) is 9.90. The van der Waals surface area contributed by atoms with Crippen molar-refractivity contribution < 1.29 is 0 Å². The minimum absolute atomic E-state index is 0.606. The summed E-state index contributed by atoms with van der Waals surface area (Å²) in [6, 6.07) is 0.606. The van der Waals surface area contributed by atoms with Gasteiger partial charge < -0.3 is 5.32 Å². The van der Waals surface area contributed by atoms with E-state index in [2.05, 4.69) is 29.4 Å². The van der Waals surface area contributed by atoms with E-state index in [9.17, 15) is 0 Å². The number of rotatable bonds is 2. The third kappa shape index (κ3) is 1.75. The van der Waals surface area contributed by atoms with E-state index in [1.165, 1.54) is 17.9 Å². The summed E-state index contributed by atoms with van der Waals surface area (Å²) >= 11 is 2.05. The molecule has 2 unspecified atom stereocenters. The number of H-pyrrole nitrogens is 1. The molecule has 14 heavy (non-hydrogen) atoms. The van der Waals surface area contributed by atoms with E-state index in [1.807, 2.05) is 18.7 Å². The maximum Gasteiger partial charge on any atom is 0.0825 e. The largest absolute Gasteiger partial charge is 0.378 e. The van der Waals surface area contributed by atoms with Crippen LogP contribution in [-0.2, 0) is 0 Å². The molecule has 2 heterocycles. The molecule has 4 heteroatoms. The van der Waals surface area contributed by atoms with Crippen molar-refractivity contribution in [3.63, 3.8) is 0 Å². The Morgan fingerprint density at radius 1 is 1.50 bits per heavy atom. The van der Waals surface area contributed by atoms with Crippen molar-refractivity contribution >= 4 is 17.4 Å². The van der Waals surface area contributed by atoms with Crippen LogP contribution in [0.4, 0.5) is 5.69 Å². The zero-order valence-corrected chi connectivity index (χ0v) is 9.74. The summed E-state index contributed by atoms with van der Waals surface area (Å²) in [6.45, 7) is 6.40. The van der Waals surface area contributed by atoms with Crippen LogP contribution in [0.5, 0.6) is 0 Å². The van der Waals surface area contributed by atoms with Crippen LogP contribution in [0, 0.1) is 13.8 Å². The van der Waals surface area contributed by atoms with Crippen LogP contribution in [0.2, 0.25) is 0 Å². The highest BCUT2D eigenvalue weighted by atomic mass is 32.2. The van der Waals surface area contributed by atoms with Gasteiger partial charge >= 0.3 is 0 Å². The van der Waals surface area contributed by atoms with Crippen molar-refractivity contribution in [3.05, 3.63) is 11.4 Å². The van der Waals surface area contributed by atoms with E-state index in [0.717, 1.165) is 11.4 Å². The van der Waals surface area contributed by atoms with Crippen LogP contribution >= 0.6 is 11.8 Å². The maximum atomic E-state index is 4.19. The minimum atomic E-state index is 0.606. The molecule has 1 aliphatic heterocycles. The van der Waals surface area contributed by atoms with E-state index in [0.29, 0.717) is 11.3 Å². The zero-order chi connectivity index (χ0) is 10.1. The Morgan fingerprint density at radius 3 is 2.79 bits per heavy atom. The average Bonchev–Trinajstić information content (AvgIpc) is 2.67. The summed E-state index contributed by atoms with van der Waals surface area (Å²) in [5.74, 6) is 1.27. The van der Waals surface area contributed by atoms with E-state index in [-0.39, 0.29) is 0 Å². The third-order valence-corrected chi connectivity index (χ3v) is 4.16. The number of nitrogens with one attached hydrogen (secondary N) is 2. The van der Waals surface area contributed by atoms with Crippen molar-refractivity contribution in [2.24, 2.45) is 0 Å². The monoisotopic (exact) mass is 211 g/mol. The van der Waals surface area contributed by atoms with Crippen molar-refractivity contribution in [1.29, 1.82) is 0 Å². The van der Waals surface area contributed by atoms with E-state index in [1.54, 1.807) is 0 Å². The molecule has 1 aliphatic rings. The van der Waals surface area contributed by atoms with Gasteiger partial charge in [-0.1, -0.05) is 6.92 Å². The lowest BCUT2D eigenvalue weighted by molar-refractivity contribution is 0.723. The second-order valence-corrected chi connectivity index (χ2v) is 5.41. The van der Waals surface area contributed by atoms with E-state index < -0.39 is 0 Å². The summed E-state index contributed by atoms with van der Waals surface area (Å²) < 4.78 is 0. The molecule has 3 nitrogen and oxygen atoms in total. The third-order valence-electron chi connectivity index (χ3n) is 2.83. The van der Waals surface area contributed by atoms with Crippen molar-refractivity contribution in [2.45, 2.75) is 38.5 Å². The topological polar surface area (TPSA) is 40.7 Å².